The summed E-state index contributed by atoms with van der Waals surface area (Å²) in [5.41, 5.74) is 2.43. The molecule has 0 radical (unpaired) electrons. The van der Waals surface area contributed by atoms with Gasteiger partial charge in [-0.3, -0.25) is 0 Å². The normalized spacial score (nSPS) is 13.3. The molecule has 1 unspecified atom stereocenters. The Labute approximate surface area is 223 Å². The fourth-order valence-corrected chi connectivity index (χ4v) is 4.03. The summed E-state index contributed by atoms with van der Waals surface area (Å²) in [6, 6.07) is 15.4. The zero-order valence-corrected chi connectivity index (χ0v) is 22.2. The smallest absolute Gasteiger partial charge is 0.162 e. The predicted octanol–water partition coefficient (Wildman–Crippen LogP) is 2.64. The van der Waals surface area contributed by atoms with Crippen molar-refractivity contribution in [1.82, 2.24) is 15.3 Å². The highest BCUT2D eigenvalue weighted by molar-refractivity contribution is 5.70. The van der Waals surface area contributed by atoms with Crippen LogP contribution in [0.3, 0.4) is 0 Å². The maximum Gasteiger partial charge on any atom is 0.162 e. The molecule has 0 spiro atoms. The zero-order chi connectivity index (χ0) is 26.7. The van der Waals surface area contributed by atoms with E-state index in [0.29, 0.717) is 63.4 Å². The number of nitrogens with one attached hydrogen (secondary N) is 1. The molecule has 0 fully saturated rings. The van der Waals surface area contributed by atoms with Crippen LogP contribution in [0.4, 0.5) is 5.82 Å². The van der Waals surface area contributed by atoms with Crippen molar-refractivity contribution in [1.29, 1.82) is 0 Å². The molecule has 3 aromatic rings. The van der Waals surface area contributed by atoms with Gasteiger partial charge in [0, 0.05) is 51.0 Å². The van der Waals surface area contributed by atoms with Gasteiger partial charge in [0.2, 0.25) is 0 Å². The molecule has 1 atom stereocenters. The number of ether oxygens (including phenoxy) is 5. The Kier molecular flexibility index (Phi) is 10.1. The molecule has 2 aromatic carbocycles. The molecule has 0 saturated heterocycles. The van der Waals surface area contributed by atoms with Crippen LogP contribution < -0.4 is 24.4 Å². The lowest BCUT2D eigenvalue weighted by molar-refractivity contribution is 0.108. The molecule has 0 bridgehead atoms. The van der Waals surface area contributed by atoms with Crippen LogP contribution in [-0.2, 0) is 9.47 Å². The van der Waals surface area contributed by atoms with Crippen LogP contribution >= 0.6 is 0 Å². The lowest BCUT2D eigenvalue weighted by Crippen LogP contribution is -2.31. The van der Waals surface area contributed by atoms with E-state index in [1.54, 1.807) is 21.3 Å². The first-order valence-electron chi connectivity index (χ1n) is 12.7. The summed E-state index contributed by atoms with van der Waals surface area (Å²) in [6.07, 6.45) is -0.611. The third kappa shape index (κ3) is 7.32. The number of benzene rings is 2. The van der Waals surface area contributed by atoms with Crippen molar-refractivity contribution in [2.45, 2.75) is 6.10 Å². The molecule has 1 aliphatic rings. The number of aliphatic hydroxyl groups excluding tert-OH is 1. The molecule has 2 heterocycles. The molecule has 10 nitrogen and oxygen atoms in total. The molecule has 1 aromatic heterocycles. The van der Waals surface area contributed by atoms with Gasteiger partial charge in [0.15, 0.2) is 17.3 Å². The molecular weight excluding hydrogens is 488 g/mol. The minimum absolute atomic E-state index is 0.176. The fraction of sp³-hybridized carbons (Fsp3) is 0.429. The number of fused-ring (bicyclic) bond motifs is 1. The van der Waals surface area contributed by atoms with Gasteiger partial charge in [-0.05, 0) is 37.4 Å². The van der Waals surface area contributed by atoms with Crippen molar-refractivity contribution in [3.05, 3.63) is 48.5 Å². The molecule has 204 valence electrons. The van der Waals surface area contributed by atoms with Crippen molar-refractivity contribution in [3.63, 3.8) is 0 Å². The summed E-state index contributed by atoms with van der Waals surface area (Å²) < 4.78 is 28.0. The summed E-state index contributed by atoms with van der Waals surface area (Å²) in [5.74, 6) is 3.35. The van der Waals surface area contributed by atoms with Crippen molar-refractivity contribution < 1.29 is 28.8 Å². The van der Waals surface area contributed by atoms with Gasteiger partial charge in [-0.15, -0.1) is 0 Å². The Bertz CT molecular complexity index is 1170. The summed E-state index contributed by atoms with van der Waals surface area (Å²) >= 11 is 0. The highest BCUT2D eigenvalue weighted by Crippen LogP contribution is 2.35. The minimum Gasteiger partial charge on any atom is -0.491 e. The lowest BCUT2D eigenvalue weighted by Gasteiger charge is -2.24. The first-order valence-corrected chi connectivity index (χ1v) is 12.7. The van der Waals surface area contributed by atoms with Crippen LogP contribution in [0.5, 0.6) is 17.2 Å². The third-order valence-corrected chi connectivity index (χ3v) is 5.98. The number of nitrogens with zero attached hydrogens (tertiary/aromatic N) is 3. The van der Waals surface area contributed by atoms with Crippen LogP contribution in [0.25, 0.3) is 22.6 Å². The van der Waals surface area contributed by atoms with Crippen LogP contribution in [0, 0.1) is 0 Å². The second-order valence-electron chi connectivity index (χ2n) is 8.82. The Morgan fingerprint density at radius 1 is 0.947 bits per heavy atom. The van der Waals surface area contributed by atoms with Gasteiger partial charge in [-0.25, -0.2) is 9.97 Å². The number of hydrogen-bond acceptors (Lipinski definition) is 10. The van der Waals surface area contributed by atoms with E-state index in [1.165, 1.54) is 0 Å². The van der Waals surface area contributed by atoms with E-state index in [-0.39, 0.29) is 6.61 Å². The number of aromatic nitrogens is 2. The topological polar surface area (TPSA) is 107 Å². The molecule has 10 heteroatoms. The Hall–Kier alpha value is -3.44. The Balaban J connectivity index is 1.72. The first-order chi connectivity index (χ1) is 18.6. The molecule has 2 N–H and O–H groups in total. The fourth-order valence-electron chi connectivity index (χ4n) is 4.03. The van der Waals surface area contributed by atoms with Crippen molar-refractivity contribution >= 4 is 5.82 Å². The number of aliphatic hydroxyl groups is 1. The van der Waals surface area contributed by atoms with Gasteiger partial charge >= 0.3 is 0 Å². The molecule has 38 heavy (non-hydrogen) atoms. The van der Waals surface area contributed by atoms with Gasteiger partial charge < -0.3 is 39.0 Å². The van der Waals surface area contributed by atoms with Crippen molar-refractivity contribution in [3.8, 4) is 39.9 Å². The summed E-state index contributed by atoms with van der Waals surface area (Å²) in [7, 11) is 5.15. The second kappa shape index (κ2) is 13.9. The lowest BCUT2D eigenvalue weighted by atomic mass is 10.1. The van der Waals surface area contributed by atoms with Crippen LogP contribution in [0.15, 0.2) is 48.5 Å². The van der Waals surface area contributed by atoms with Crippen molar-refractivity contribution in [2.24, 2.45) is 0 Å². The number of rotatable bonds is 14. The van der Waals surface area contributed by atoms with Crippen molar-refractivity contribution in [2.75, 3.05) is 78.8 Å². The SMILES string of the molecule is CNCC(O)COc1cccc(-c2nc(-c3ccc4c(c3)OCCO4)cc(N(CCOC)CCOC)n2)c1. The molecule has 0 amide bonds. The van der Waals surface area contributed by atoms with Gasteiger partial charge in [-0.1, -0.05) is 12.1 Å². The van der Waals surface area contributed by atoms with Crippen LogP contribution in [0.2, 0.25) is 0 Å². The molecule has 4 rings (SSSR count). The molecule has 0 saturated carbocycles. The van der Waals surface area contributed by atoms with Crippen LogP contribution in [-0.4, -0.2) is 95.1 Å². The van der Waals surface area contributed by atoms with Gasteiger partial charge in [0.1, 0.15) is 37.5 Å². The summed E-state index contributed by atoms with van der Waals surface area (Å²) in [5, 5.41) is 13.0. The molecule has 1 aliphatic heterocycles. The van der Waals surface area contributed by atoms with Gasteiger partial charge in [0.05, 0.1) is 18.9 Å². The second-order valence-corrected chi connectivity index (χ2v) is 8.82. The first kappa shape index (κ1) is 27.6. The maximum absolute atomic E-state index is 10.0. The Morgan fingerprint density at radius 2 is 1.71 bits per heavy atom. The van der Waals surface area contributed by atoms with E-state index in [9.17, 15) is 5.11 Å². The average molecular weight is 525 g/mol. The third-order valence-electron chi connectivity index (χ3n) is 5.98. The summed E-state index contributed by atoms with van der Waals surface area (Å²) in [4.78, 5) is 12.0. The minimum atomic E-state index is -0.611. The van der Waals surface area contributed by atoms with E-state index < -0.39 is 6.10 Å². The largest absolute Gasteiger partial charge is 0.491 e. The average Bonchev–Trinajstić information content (AvgIpc) is 2.96. The van der Waals surface area contributed by atoms with Gasteiger partial charge in [0.25, 0.3) is 0 Å². The Morgan fingerprint density at radius 3 is 2.45 bits per heavy atom. The number of hydrogen-bond donors (Lipinski definition) is 2. The number of anilines is 1. The van der Waals surface area contributed by atoms with E-state index >= 15 is 0 Å². The van der Waals surface area contributed by atoms with E-state index in [1.807, 2.05) is 48.5 Å². The molecular formula is C28H36N4O6. The quantitative estimate of drug-likeness (QED) is 0.327. The van der Waals surface area contributed by atoms with E-state index in [2.05, 4.69) is 10.2 Å². The molecule has 0 aliphatic carbocycles. The highest BCUT2D eigenvalue weighted by Gasteiger charge is 2.18. The number of likely N-dealkylation sites (N-methyl/N-ethyl adjacent to an activating group) is 1. The number of methoxy groups -OCH3 is 2. The predicted molar refractivity (Wildman–Crippen MR) is 145 cm³/mol. The zero-order valence-electron chi connectivity index (χ0n) is 22.2. The maximum atomic E-state index is 10.0. The van der Waals surface area contributed by atoms with E-state index in [4.69, 9.17) is 33.7 Å². The van der Waals surface area contributed by atoms with E-state index in [0.717, 1.165) is 28.4 Å². The highest BCUT2D eigenvalue weighted by atomic mass is 16.6. The summed E-state index contributed by atoms with van der Waals surface area (Å²) in [6.45, 7) is 4.03. The monoisotopic (exact) mass is 524 g/mol. The van der Waals surface area contributed by atoms with Gasteiger partial charge in [-0.2, -0.15) is 0 Å². The van der Waals surface area contributed by atoms with Crippen LogP contribution in [0.1, 0.15) is 0 Å². The standard InChI is InChI=1S/C28H36N4O6/c1-29-18-22(33)19-38-23-6-4-5-21(15-23)28-30-24(20-7-8-25-26(16-20)37-14-13-36-25)17-27(31-28)32(9-11-34-2)10-12-35-3/h4-8,15-17,22,29,33H,9-14,18-19H2,1-3H3.